The summed E-state index contributed by atoms with van der Waals surface area (Å²) in [6.45, 7) is 0. The average molecular weight is 219 g/mol. The van der Waals surface area contributed by atoms with Crippen molar-refractivity contribution in [1.29, 1.82) is 0 Å². The molecule has 0 saturated heterocycles. The van der Waals surface area contributed by atoms with Crippen molar-refractivity contribution in [2.24, 2.45) is 5.92 Å². The van der Waals surface area contributed by atoms with Gasteiger partial charge in [0.05, 0.1) is 6.10 Å². The van der Waals surface area contributed by atoms with E-state index in [1.54, 1.807) is 0 Å². The van der Waals surface area contributed by atoms with Gasteiger partial charge in [0.2, 0.25) is 0 Å². The Morgan fingerprint density at radius 3 is 2.44 bits per heavy atom. The van der Waals surface area contributed by atoms with Gasteiger partial charge in [-0.05, 0) is 36.5 Å². The van der Waals surface area contributed by atoms with Crippen LogP contribution in [0.25, 0.3) is 0 Å². The molecule has 1 aliphatic carbocycles. The van der Waals surface area contributed by atoms with E-state index in [0.717, 1.165) is 24.1 Å². The SMILES string of the molecule is Nc1cccc(C(O)C2CCCCCC2)c1. The maximum atomic E-state index is 10.3. The highest BCUT2D eigenvalue weighted by Gasteiger charge is 2.21. The third kappa shape index (κ3) is 2.76. The number of aliphatic hydroxyl groups excluding tert-OH is 1. The van der Waals surface area contributed by atoms with Crippen molar-refractivity contribution < 1.29 is 5.11 Å². The van der Waals surface area contributed by atoms with Gasteiger partial charge in [0.1, 0.15) is 0 Å². The van der Waals surface area contributed by atoms with Crippen molar-refractivity contribution in [3.8, 4) is 0 Å². The summed E-state index contributed by atoms with van der Waals surface area (Å²) in [6, 6.07) is 7.66. The number of hydrogen-bond acceptors (Lipinski definition) is 2. The van der Waals surface area contributed by atoms with E-state index in [1.165, 1.54) is 25.7 Å². The maximum absolute atomic E-state index is 10.3. The van der Waals surface area contributed by atoms with Gasteiger partial charge in [0.15, 0.2) is 0 Å². The third-order valence-corrected chi connectivity index (χ3v) is 3.60. The van der Waals surface area contributed by atoms with E-state index < -0.39 is 0 Å². The zero-order chi connectivity index (χ0) is 11.4. The monoisotopic (exact) mass is 219 g/mol. The Labute approximate surface area is 97.5 Å². The first-order chi connectivity index (χ1) is 7.77. The molecule has 88 valence electrons. The number of rotatable bonds is 2. The second-order valence-corrected chi connectivity index (χ2v) is 4.87. The summed E-state index contributed by atoms with van der Waals surface area (Å²) >= 11 is 0. The van der Waals surface area contributed by atoms with Gasteiger partial charge in [0, 0.05) is 5.69 Å². The van der Waals surface area contributed by atoms with Crippen LogP contribution in [0.5, 0.6) is 0 Å². The number of nitrogen functional groups attached to an aromatic ring is 1. The average Bonchev–Trinajstić information content (AvgIpc) is 2.56. The summed E-state index contributed by atoms with van der Waals surface area (Å²) in [5.41, 5.74) is 7.47. The Morgan fingerprint density at radius 2 is 1.81 bits per heavy atom. The molecule has 1 saturated carbocycles. The number of hydrogen-bond donors (Lipinski definition) is 2. The molecule has 2 heteroatoms. The lowest BCUT2D eigenvalue weighted by molar-refractivity contribution is 0.0988. The molecule has 1 aromatic rings. The second kappa shape index (κ2) is 5.35. The lowest BCUT2D eigenvalue weighted by Crippen LogP contribution is -2.12. The molecular weight excluding hydrogens is 198 g/mol. The van der Waals surface area contributed by atoms with Crippen molar-refractivity contribution in [2.45, 2.75) is 44.6 Å². The van der Waals surface area contributed by atoms with Crippen LogP contribution in [-0.2, 0) is 0 Å². The van der Waals surface area contributed by atoms with Crippen molar-refractivity contribution >= 4 is 5.69 Å². The Morgan fingerprint density at radius 1 is 1.12 bits per heavy atom. The quantitative estimate of drug-likeness (QED) is 0.592. The predicted octanol–water partition coefficient (Wildman–Crippen LogP) is 3.27. The van der Waals surface area contributed by atoms with E-state index in [0.29, 0.717) is 5.92 Å². The van der Waals surface area contributed by atoms with Crippen LogP contribution in [0, 0.1) is 5.92 Å². The Kier molecular flexibility index (Phi) is 3.83. The molecule has 0 spiro atoms. The van der Waals surface area contributed by atoms with E-state index in [9.17, 15) is 5.11 Å². The van der Waals surface area contributed by atoms with Gasteiger partial charge in [0.25, 0.3) is 0 Å². The minimum absolute atomic E-state index is 0.332. The molecule has 0 heterocycles. The first-order valence-electron chi connectivity index (χ1n) is 6.31. The molecule has 1 atom stereocenters. The lowest BCUT2D eigenvalue weighted by Gasteiger charge is -2.21. The molecule has 1 unspecified atom stereocenters. The van der Waals surface area contributed by atoms with Crippen molar-refractivity contribution in [2.75, 3.05) is 5.73 Å². The van der Waals surface area contributed by atoms with Crippen molar-refractivity contribution in [3.05, 3.63) is 29.8 Å². The highest BCUT2D eigenvalue weighted by molar-refractivity contribution is 5.41. The number of aliphatic hydroxyl groups is 1. The summed E-state index contributed by atoms with van der Waals surface area (Å²) in [4.78, 5) is 0. The van der Waals surface area contributed by atoms with Crippen LogP contribution in [0.3, 0.4) is 0 Å². The maximum Gasteiger partial charge on any atom is 0.0818 e. The smallest absolute Gasteiger partial charge is 0.0818 e. The van der Waals surface area contributed by atoms with Gasteiger partial charge < -0.3 is 10.8 Å². The lowest BCUT2D eigenvalue weighted by atomic mass is 9.89. The molecule has 2 rings (SSSR count). The largest absolute Gasteiger partial charge is 0.399 e. The molecule has 0 aliphatic heterocycles. The molecule has 2 nitrogen and oxygen atoms in total. The molecule has 0 bridgehead atoms. The van der Waals surface area contributed by atoms with Gasteiger partial charge in [-0.15, -0.1) is 0 Å². The highest BCUT2D eigenvalue weighted by atomic mass is 16.3. The zero-order valence-corrected chi connectivity index (χ0v) is 9.73. The van der Waals surface area contributed by atoms with Gasteiger partial charge >= 0.3 is 0 Å². The summed E-state index contributed by atoms with van der Waals surface area (Å²) in [6.07, 6.45) is 7.11. The molecule has 1 aromatic carbocycles. The summed E-state index contributed by atoms with van der Waals surface area (Å²) in [7, 11) is 0. The van der Waals surface area contributed by atoms with Gasteiger partial charge in [-0.25, -0.2) is 0 Å². The van der Waals surface area contributed by atoms with E-state index in [1.807, 2.05) is 24.3 Å². The van der Waals surface area contributed by atoms with E-state index in [2.05, 4.69) is 0 Å². The van der Waals surface area contributed by atoms with E-state index >= 15 is 0 Å². The number of benzene rings is 1. The third-order valence-electron chi connectivity index (χ3n) is 3.60. The Balaban J connectivity index is 2.07. The van der Waals surface area contributed by atoms with Crippen LogP contribution in [0.2, 0.25) is 0 Å². The topological polar surface area (TPSA) is 46.2 Å². The summed E-state index contributed by atoms with van der Waals surface area (Å²) < 4.78 is 0. The molecule has 1 aliphatic rings. The van der Waals surface area contributed by atoms with Crippen LogP contribution < -0.4 is 5.73 Å². The molecule has 0 radical (unpaired) electrons. The molecule has 0 aromatic heterocycles. The highest BCUT2D eigenvalue weighted by Crippen LogP contribution is 2.33. The fraction of sp³-hybridized carbons (Fsp3) is 0.571. The van der Waals surface area contributed by atoms with Gasteiger partial charge in [-0.3, -0.25) is 0 Å². The molecular formula is C14H21NO. The molecule has 0 amide bonds. The first kappa shape index (κ1) is 11.5. The summed E-state index contributed by atoms with van der Waals surface area (Å²) in [5.74, 6) is 0.421. The number of nitrogens with two attached hydrogens (primary N) is 1. The molecule has 3 N–H and O–H groups in total. The molecule has 1 fully saturated rings. The van der Waals surface area contributed by atoms with E-state index in [-0.39, 0.29) is 6.10 Å². The van der Waals surface area contributed by atoms with E-state index in [4.69, 9.17) is 5.73 Å². The van der Waals surface area contributed by atoms with Crippen LogP contribution in [0.4, 0.5) is 5.69 Å². The van der Waals surface area contributed by atoms with Crippen LogP contribution >= 0.6 is 0 Å². The molecule has 16 heavy (non-hydrogen) atoms. The Hall–Kier alpha value is -1.02. The predicted molar refractivity (Wildman–Crippen MR) is 67.0 cm³/mol. The van der Waals surface area contributed by atoms with Gasteiger partial charge in [-0.2, -0.15) is 0 Å². The number of anilines is 1. The second-order valence-electron chi connectivity index (χ2n) is 4.87. The van der Waals surface area contributed by atoms with Crippen molar-refractivity contribution in [1.82, 2.24) is 0 Å². The van der Waals surface area contributed by atoms with Crippen LogP contribution in [0.1, 0.15) is 50.2 Å². The Bertz CT molecular complexity index is 329. The minimum Gasteiger partial charge on any atom is -0.399 e. The minimum atomic E-state index is -0.332. The fourth-order valence-electron chi connectivity index (χ4n) is 2.64. The fourth-order valence-corrected chi connectivity index (χ4v) is 2.64. The van der Waals surface area contributed by atoms with Gasteiger partial charge in [-0.1, -0.05) is 37.8 Å². The zero-order valence-electron chi connectivity index (χ0n) is 9.73. The summed E-state index contributed by atoms with van der Waals surface area (Å²) in [5, 5.41) is 10.3. The van der Waals surface area contributed by atoms with Crippen LogP contribution in [0.15, 0.2) is 24.3 Å². The van der Waals surface area contributed by atoms with Crippen molar-refractivity contribution in [3.63, 3.8) is 0 Å². The first-order valence-corrected chi connectivity index (χ1v) is 6.31. The van der Waals surface area contributed by atoms with Crippen LogP contribution in [-0.4, -0.2) is 5.11 Å². The normalized spacial score (nSPS) is 20.3. The standard InChI is InChI=1S/C14H21NO/c15-13-9-5-8-12(10-13)14(16)11-6-3-1-2-4-7-11/h5,8-11,14,16H,1-4,6-7,15H2.